The van der Waals surface area contributed by atoms with Crippen LogP contribution in [0.1, 0.15) is 11.1 Å². The van der Waals surface area contributed by atoms with E-state index in [1.807, 2.05) is 131 Å². The topological polar surface area (TPSA) is 171 Å². The molecule has 0 atom stereocenters. The Morgan fingerprint density at radius 3 is 0.696 bits per heavy atom. The molecule has 12 aromatic rings. The van der Waals surface area contributed by atoms with Crippen LogP contribution in [0.25, 0.3) is 0 Å². The van der Waals surface area contributed by atoms with Gasteiger partial charge in [0.1, 0.15) is 11.5 Å². The fourth-order valence-corrected chi connectivity index (χ4v) is 16.3. The predicted molar refractivity (Wildman–Crippen MR) is 361 cm³/mol. The summed E-state index contributed by atoms with van der Waals surface area (Å²) in [6, 6.07) is 83.4. The van der Waals surface area contributed by atoms with E-state index in [4.69, 9.17) is 14.2 Å². The van der Waals surface area contributed by atoms with Crippen molar-refractivity contribution in [3.8, 4) is 34.5 Å². The fraction of sp³-hybridized carbons (Fsp3) is 0.0137. The van der Waals surface area contributed by atoms with Crippen molar-refractivity contribution in [3.63, 3.8) is 0 Å². The third kappa shape index (κ3) is 12.1. The SMILES string of the molecule is O=S(=O)(c1ccc(Br)cc1)c1ccc(S(=O)(=O)c2ccc(Br)cc2)cc1.O=S(=O)(c1ccc(N2c3ccccc3Oc3ccccc32)cc1)c1ccc(S(=O)(=O)c2ccc(N3c4ccccc4Oc4ccccc43)cc2)cc1.c1ccc2c(c1)Cc1ccccc1O2. The number of sulfone groups is 4. The predicted octanol–water partition coefficient (Wildman–Crippen LogP) is 18.8. The molecule has 0 unspecified atom stereocenters. The molecule has 19 heteroatoms. The Balaban J connectivity index is 0.000000158. The van der Waals surface area contributed by atoms with Gasteiger partial charge in [0.05, 0.1) is 61.9 Å². The van der Waals surface area contributed by atoms with Crippen LogP contribution in [0.5, 0.6) is 34.5 Å². The smallest absolute Gasteiger partial charge is 0.206 e. The van der Waals surface area contributed by atoms with Crippen molar-refractivity contribution in [3.05, 3.63) is 311 Å². The molecule has 0 aliphatic carbocycles. The van der Waals surface area contributed by atoms with Crippen LogP contribution >= 0.6 is 31.9 Å². The van der Waals surface area contributed by atoms with E-state index in [0.717, 1.165) is 61.0 Å². The summed E-state index contributed by atoms with van der Waals surface area (Å²) in [4.78, 5) is 4.55. The molecule has 13 nitrogen and oxygen atoms in total. The van der Waals surface area contributed by atoms with E-state index in [2.05, 4.69) is 56.1 Å². The van der Waals surface area contributed by atoms with Crippen LogP contribution in [0.4, 0.5) is 34.1 Å². The number of benzene rings is 12. The molecule has 0 saturated heterocycles. The van der Waals surface area contributed by atoms with E-state index in [-0.39, 0.29) is 39.2 Å². The van der Waals surface area contributed by atoms with Gasteiger partial charge in [-0.15, -0.1) is 0 Å². The van der Waals surface area contributed by atoms with Crippen molar-refractivity contribution in [1.82, 2.24) is 0 Å². The van der Waals surface area contributed by atoms with Crippen LogP contribution in [-0.2, 0) is 45.8 Å². The first-order valence-electron chi connectivity index (χ1n) is 28.5. The number of para-hydroxylation sites is 10. The minimum absolute atomic E-state index is 0.0127. The van der Waals surface area contributed by atoms with Gasteiger partial charge < -0.3 is 24.0 Å². The maximum absolute atomic E-state index is 13.7. The first-order chi connectivity index (χ1) is 44.4. The second kappa shape index (κ2) is 25.2. The van der Waals surface area contributed by atoms with Gasteiger partial charge in [-0.1, -0.05) is 117 Å². The van der Waals surface area contributed by atoms with Crippen LogP contribution in [0.2, 0.25) is 0 Å². The van der Waals surface area contributed by atoms with Gasteiger partial charge in [0.25, 0.3) is 0 Å². The quantitative estimate of drug-likeness (QED) is 0.127. The average Bonchev–Trinajstić information content (AvgIpc) is 0.783. The molecule has 0 aromatic heterocycles. The average molecular weight is 1420 g/mol. The number of hydrogen-bond acceptors (Lipinski definition) is 13. The van der Waals surface area contributed by atoms with Gasteiger partial charge in [-0.3, -0.25) is 0 Å². The van der Waals surface area contributed by atoms with Gasteiger partial charge in [-0.2, -0.15) is 0 Å². The molecule has 0 N–H and O–H groups in total. The van der Waals surface area contributed by atoms with E-state index < -0.39 is 39.3 Å². The zero-order valence-corrected chi connectivity index (χ0v) is 54.6. The number of rotatable bonds is 10. The Kier molecular flexibility index (Phi) is 16.8. The molecule has 92 heavy (non-hydrogen) atoms. The lowest BCUT2D eigenvalue weighted by Crippen LogP contribution is -2.15. The number of hydrogen-bond donors (Lipinski definition) is 0. The van der Waals surface area contributed by atoms with Gasteiger partial charge in [0, 0.05) is 26.7 Å². The van der Waals surface area contributed by atoms with Crippen LogP contribution in [0.3, 0.4) is 0 Å². The van der Waals surface area contributed by atoms with E-state index >= 15 is 0 Å². The molecule has 0 amide bonds. The molecule has 3 heterocycles. The van der Waals surface area contributed by atoms with E-state index in [1.165, 1.54) is 83.9 Å². The Morgan fingerprint density at radius 1 is 0.239 bits per heavy atom. The Morgan fingerprint density at radius 2 is 0.435 bits per heavy atom. The highest BCUT2D eigenvalue weighted by Crippen LogP contribution is 2.52. The minimum Gasteiger partial charge on any atom is -0.457 e. The summed E-state index contributed by atoms with van der Waals surface area (Å²) in [6.45, 7) is 0. The van der Waals surface area contributed by atoms with Crippen molar-refractivity contribution in [2.24, 2.45) is 0 Å². The molecule has 0 radical (unpaired) electrons. The molecule has 0 bridgehead atoms. The largest absolute Gasteiger partial charge is 0.457 e. The second-order valence-corrected chi connectivity index (χ2v) is 30.7. The van der Waals surface area contributed by atoms with Crippen LogP contribution < -0.4 is 24.0 Å². The summed E-state index contributed by atoms with van der Waals surface area (Å²) in [5, 5.41) is 0. The van der Waals surface area contributed by atoms with Crippen LogP contribution in [-0.4, -0.2) is 33.7 Å². The Labute approximate surface area is 550 Å². The van der Waals surface area contributed by atoms with Crippen molar-refractivity contribution in [2.75, 3.05) is 9.80 Å². The summed E-state index contributed by atoms with van der Waals surface area (Å²) in [5.74, 6) is 4.75. The normalized spacial score (nSPS) is 12.8. The first-order valence-corrected chi connectivity index (χ1v) is 36.0. The van der Waals surface area contributed by atoms with Gasteiger partial charge in [0.15, 0.2) is 23.0 Å². The molecular weight excluding hydrogens is 1370 g/mol. The highest BCUT2D eigenvalue weighted by molar-refractivity contribution is 9.10. The number of nitrogens with zero attached hydrogens (tertiary/aromatic N) is 2. The maximum Gasteiger partial charge on any atom is 0.206 e. The Hall–Kier alpha value is -9.60. The molecule has 0 fully saturated rings. The zero-order valence-electron chi connectivity index (χ0n) is 48.2. The highest BCUT2D eigenvalue weighted by Gasteiger charge is 2.30. The molecule has 12 aromatic carbocycles. The Bertz CT molecular complexity index is 4780. The third-order valence-electron chi connectivity index (χ3n) is 15.4. The molecular formula is C73H50Br2N2O11S4. The number of ether oxygens (including phenoxy) is 3. The molecule has 456 valence electrons. The lowest BCUT2D eigenvalue weighted by atomic mass is 10.0. The van der Waals surface area contributed by atoms with Crippen molar-refractivity contribution >= 4 is 105 Å². The molecule has 0 spiro atoms. The summed E-state index contributed by atoms with van der Waals surface area (Å²) in [6.07, 6.45) is 0.979. The molecule has 3 aliphatic heterocycles. The summed E-state index contributed by atoms with van der Waals surface area (Å²) < 4.78 is 125. The first kappa shape index (κ1) is 61.3. The van der Waals surface area contributed by atoms with Crippen molar-refractivity contribution in [1.29, 1.82) is 0 Å². The lowest BCUT2D eigenvalue weighted by Gasteiger charge is -2.32. The van der Waals surface area contributed by atoms with Gasteiger partial charge in [-0.25, -0.2) is 33.7 Å². The minimum atomic E-state index is -3.96. The van der Waals surface area contributed by atoms with Crippen LogP contribution in [0.15, 0.2) is 339 Å². The van der Waals surface area contributed by atoms with Crippen molar-refractivity contribution in [2.45, 2.75) is 45.6 Å². The summed E-state index contributed by atoms with van der Waals surface area (Å²) in [5.41, 5.74) is 7.39. The van der Waals surface area contributed by atoms with E-state index in [0.29, 0.717) is 23.0 Å². The van der Waals surface area contributed by atoms with Crippen LogP contribution in [0, 0.1) is 0 Å². The standard InChI is InChI=1S/C42H28N2O6S2.C18H12Br2O4S2.C13H10O/c45-51(46,31-21-17-29(18-22-31)43-35-9-1-5-13-39(35)49-40-14-6-2-10-36(40)43)33-25-27-34(28-26-33)52(47,48)32-23-19-30(20-24-32)44-37-11-3-7-15-41(37)50-42-16-8-4-12-38(42)44;19-13-1-5-15(6-2-13)25(21,22)17-9-11-18(12-10-17)26(23,24)16-7-3-14(20)4-8-16;1-3-7-12-10(5-1)9-11-6-2-4-8-13(11)14-12/h1-28H;1-12H;1-8H,9H2. The zero-order chi connectivity index (χ0) is 63.8. The van der Waals surface area contributed by atoms with Gasteiger partial charge in [0.2, 0.25) is 39.3 Å². The highest BCUT2D eigenvalue weighted by atomic mass is 79.9. The summed E-state index contributed by atoms with van der Waals surface area (Å²) in [7, 11) is -15.3. The molecule has 3 aliphatic rings. The van der Waals surface area contributed by atoms with Crippen molar-refractivity contribution < 1.29 is 47.9 Å². The maximum atomic E-state index is 13.7. The number of fused-ring (bicyclic) bond motifs is 6. The second-order valence-electron chi connectivity index (χ2n) is 21.1. The van der Waals surface area contributed by atoms with E-state index in [9.17, 15) is 33.7 Å². The monoisotopic (exact) mass is 1420 g/mol. The number of anilines is 6. The number of halogens is 2. The molecule has 15 rings (SSSR count). The van der Waals surface area contributed by atoms with E-state index in [1.54, 1.807) is 72.8 Å². The third-order valence-corrected chi connectivity index (χ3v) is 23.6. The fourth-order valence-electron chi connectivity index (χ4n) is 10.7. The van der Waals surface area contributed by atoms with Gasteiger partial charge in [-0.05, 0) is 217 Å². The lowest BCUT2D eigenvalue weighted by molar-refractivity contribution is 0.460. The van der Waals surface area contributed by atoms with Gasteiger partial charge >= 0.3 is 0 Å². The molecule has 0 saturated carbocycles. The summed E-state index contributed by atoms with van der Waals surface area (Å²) >= 11 is 6.52.